The number of nitro benzene ring substituents is 1. The summed E-state index contributed by atoms with van der Waals surface area (Å²) in [5.74, 6) is 0.236. The Labute approximate surface area is 96.9 Å². The Bertz CT molecular complexity index is 567. The molecule has 17 heavy (non-hydrogen) atoms. The first kappa shape index (κ1) is 11.0. The third kappa shape index (κ3) is 2.05. The van der Waals surface area contributed by atoms with E-state index in [-0.39, 0.29) is 11.5 Å². The van der Waals surface area contributed by atoms with Gasteiger partial charge in [0.1, 0.15) is 11.9 Å². The quantitative estimate of drug-likeness (QED) is 0.340. The molecule has 0 radical (unpaired) electrons. The minimum absolute atomic E-state index is 0.0150. The highest BCUT2D eigenvalue weighted by molar-refractivity contribution is 5.54. The maximum atomic E-state index is 11.7. The van der Waals surface area contributed by atoms with Gasteiger partial charge in [-0.1, -0.05) is 0 Å². The zero-order valence-electron chi connectivity index (χ0n) is 9.03. The van der Waals surface area contributed by atoms with Crippen LogP contribution in [0.25, 0.3) is 11.4 Å². The third-order valence-electron chi connectivity index (χ3n) is 2.36. The molecule has 0 aliphatic rings. The molecule has 0 amide bonds. The molecule has 1 aromatic heterocycles. The van der Waals surface area contributed by atoms with Gasteiger partial charge in [0.05, 0.1) is 10.5 Å². The zero-order chi connectivity index (χ0) is 12.4. The predicted octanol–water partition coefficient (Wildman–Crippen LogP) is 1.60. The van der Waals surface area contributed by atoms with Crippen molar-refractivity contribution in [3.8, 4) is 11.4 Å². The average Bonchev–Trinajstić information content (AvgIpc) is 2.33. The molecule has 2 rings (SSSR count). The first-order chi connectivity index (χ1) is 8.09. The molecular formula is C11H9N3O3. The second-order valence-corrected chi connectivity index (χ2v) is 3.51. The molecule has 6 nitrogen and oxygen atoms in total. The van der Waals surface area contributed by atoms with E-state index >= 15 is 0 Å². The van der Waals surface area contributed by atoms with E-state index in [2.05, 4.69) is 4.98 Å². The lowest BCUT2D eigenvalue weighted by atomic mass is 10.2. The molecule has 0 fully saturated rings. The van der Waals surface area contributed by atoms with Crippen molar-refractivity contribution in [2.75, 3.05) is 0 Å². The standard InChI is InChI=1S/C11H9N3O3/c1-8-6-7-12-11(13(8)15)9-2-4-10(5-3-9)14(16)17/h2-7H,1H3. The monoisotopic (exact) mass is 231 g/mol. The van der Waals surface area contributed by atoms with Crippen LogP contribution in [-0.2, 0) is 0 Å². The van der Waals surface area contributed by atoms with Gasteiger partial charge in [-0.3, -0.25) is 10.1 Å². The molecule has 0 saturated carbocycles. The van der Waals surface area contributed by atoms with Gasteiger partial charge in [0.2, 0.25) is 0 Å². The summed E-state index contributed by atoms with van der Waals surface area (Å²) in [7, 11) is 0. The Balaban J connectivity index is 2.47. The van der Waals surface area contributed by atoms with Gasteiger partial charge in [0, 0.05) is 18.2 Å². The molecule has 0 aliphatic heterocycles. The fraction of sp³-hybridized carbons (Fsp3) is 0.0909. The summed E-state index contributed by atoms with van der Waals surface area (Å²) in [6.07, 6.45) is 1.53. The van der Waals surface area contributed by atoms with Crippen LogP contribution in [0.15, 0.2) is 36.5 Å². The summed E-state index contributed by atoms with van der Waals surface area (Å²) in [6, 6.07) is 7.31. The van der Waals surface area contributed by atoms with Crippen molar-refractivity contribution in [1.29, 1.82) is 0 Å². The molecule has 2 aromatic rings. The van der Waals surface area contributed by atoms with Crippen LogP contribution in [0.5, 0.6) is 0 Å². The molecule has 1 aromatic carbocycles. The molecule has 0 aliphatic carbocycles. The highest BCUT2D eigenvalue weighted by Crippen LogP contribution is 2.18. The van der Waals surface area contributed by atoms with Crippen molar-refractivity contribution in [2.45, 2.75) is 6.92 Å². The van der Waals surface area contributed by atoms with Gasteiger partial charge in [-0.05, 0) is 24.0 Å². The van der Waals surface area contributed by atoms with Crippen molar-refractivity contribution in [1.82, 2.24) is 4.98 Å². The fourth-order valence-corrected chi connectivity index (χ4v) is 1.43. The molecule has 86 valence electrons. The third-order valence-corrected chi connectivity index (χ3v) is 2.36. The van der Waals surface area contributed by atoms with Crippen molar-refractivity contribution in [3.63, 3.8) is 0 Å². The second kappa shape index (κ2) is 4.17. The number of non-ortho nitro benzene ring substituents is 1. The Morgan fingerprint density at radius 3 is 2.47 bits per heavy atom. The van der Waals surface area contributed by atoms with E-state index in [0.29, 0.717) is 16.0 Å². The number of benzene rings is 1. The van der Waals surface area contributed by atoms with Crippen LogP contribution < -0.4 is 4.73 Å². The van der Waals surface area contributed by atoms with Crippen LogP contribution >= 0.6 is 0 Å². The van der Waals surface area contributed by atoms with Gasteiger partial charge in [-0.15, -0.1) is 0 Å². The van der Waals surface area contributed by atoms with Gasteiger partial charge in [0.15, 0.2) is 0 Å². The number of hydrogen-bond donors (Lipinski definition) is 0. The van der Waals surface area contributed by atoms with Gasteiger partial charge < -0.3 is 5.21 Å². The van der Waals surface area contributed by atoms with Crippen LogP contribution in [0.4, 0.5) is 5.69 Å². The van der Waals surface area contributed by atoms with E-state index in [0.717, 1.165) is 0 Å². The Morgan fingerprint density at radius 2 is 1.88 bits per heavy atom. The van der Waals surface area contributed by atoms with E-state index in [4.69, 9.17) is 0 Å². The van der Waals surface area contributed by atoms with Crippen LogP contribution in [0, 0.1) is 22.2 Å². The molecule has 0 N–H and O–H groups in total. The number of rotatable bonds is 2. The van der Waals surface area contributed by atoms with Crippen LogP contribution in [-0.4, -0.2) is 9.91 Å². The SMILES string of the molecule is Cc1ccnc(-c2ccc([N+](=O)[O-])cc2)[n+]1[O-]. The highest BCUT2D eigenvalue weighted by Gasteiger charge is 2.13. The van der Waals surface area contributed by atoms with E-state index in [9.17, 15) is 15.3 Å². The highest BCUT2D eigenvalue weighted by atomic mass is 16.6. The van der Waals surface area contributed by atoms with E-state index in [1.54, 1.807) is 13.0 Å². The molecule has 0 spiro atoms. The predicted molar refractivity (Wildman–Crippen MR) is 60.0 cm³/mol. The van der Waals surface area contributed by atoms with Crippen molar-refractivity contribution in [3.05, 3.63) is 57.5 Å². The van der Waals surface area contributed by atoms with Crippen LogP contribution in [0.2, 0.25) is 0 Å². The number of aryl methyl sites for hydroxylation is 1. The number of aromatic nitrogens is 2. The molecule has 6 heteroatoms. The molecule has 0 unspecified atom stereocenters. The summed E-state index contributed by atoms with van der Waals surface area (Å²) in [4.78, 5) is 14.0. The average molecular weight is 231 g/mol. The second-order valence-electron chi connectivity index (χ2n) is 3.51. The van der Waals surface area contributed by atoms with Gasteiger partial charge in [-0.2, -0.15) is 0 Å². The first-order valence-corrected chi connectivity index (χ1v) is 4.89. The number of nitro groups is 1. The van der Waals surface area contributed by atoms with E-state index < -0.39 is 4.92 Å². The topological polar surface area (TPSA) is 83.0 Å². The molecule has 0 bridgehead atoms. The molecule has 1 heterocycles. The van der Waals surface area contributed by atoms with E-state index in [1.165, 1.54) is 30.5 Å². The lowest BCUT2D eigenvalue weighted by molar-refractivity contribution is -0.603. The van der Waals surface area contributed by atoms with Crippen LogP contribution in [0.3, 0.4) is 0 Å². The summed E-state index contributed by atoms with van der Waals surface area (Å²) in [5.41, 5.74) is 1.06. The molecule has 0 atom stereocenters. The maximum Gasteiger partial charge on any atom is 0.333 e. The van der Waals surface area contributed by atoms with Gasteiger partial charge >= 0.3 is 5.82 Å². The lowest BCUT2D eigenvalue weighted by Crippen LogP contribution is -2.33. The fourth-order valence-electron chi connectivity index (χ4n) is 1.43. The molecule has 0 saturated heterocycles. The summed E-state index contributed by atoms with van der Waals surface area (Å²) < 4.78 is 0.696. The smallest absolute Gasteiger partial charge is 0.333 e. The van der Waals surface area contributed by atoms with Crippen molar-refractivity contribution >= 4 is 5.69 Å². The minimum atomic E-state index is -0.487. The summed E-state index contributed by atoms with van der Waals surface area (Å²) >= 11 is 0. The summed E-state index contributed by atoms with van der Waals surface area (Å²) in [5, 5.41) is 22.2. The van der Waals surface area contributed by atoms with Crippen molar-refractivity contribution in [2.24, 2.45) is 0 Å². The number of nitrogens with zero attached hydrogens (tertiary/aromatic N) is 3. The summed E-state index contributed by atoms with van der Waals surface area (Å²) in [6.45, 7) is 1.67. The Kier molecular flexibility index (Phi) is 2.70. The number of hydrogen-bond acceptors (Lipinski definition) is 4. The normalized spacial score (nSPS) is 10.2. The van der Waals surface area contributed by atoms with Gasteiger partial charge in [-0.25, -0.2) is 4.73 Å². The Morgan fingerprint density at radius 1 is 1.24 bits per heavy atom. The first-order valence-electron chi connectivity index (χ1n) is 4.89. The van der Waals surface area contributed by atoms with Gasteiger partial charge in [0.25, 0.3) is 5.69 Å². The zero-order valence-corrected chi connectivity index (χ0v) is 9.03. The largest absolute Gasteiger partial charge is 0.710 e. The van der Waals surface area contributed by atoms with E-state index in [1.807, 2.05) is 0 Å². The van der Waals surface area contributed by atoms with Crippen LogP contribution in [0.1, 0.15) is 5.69 Å². The van der Waals surface area contributed by atoms with Crippen molar-refractivity contribution < 1.29 is 9.65 Å². The maximum absolute atomic E-state index is 11.7. The molecular weight excluding hydrogens is 222 g/mol. The lowest BCUT2D eigenvalue weighted by Gasteiger charge is -2.07. The minimum Gasteiger partial charge on any atom is -0.710 e. The Hall–Kier alpha value is -2.50.